The first-order valence-corrected chi connectivity index (χ1v) is 4.28. The van der Waals surface area contributed by atoms with E-state index in [1.165, 1.54) is 6.07 Å². The summed E-state index contributed by atoms with van der Waals surface area (Å²) in [4.78, 5) is 0. The normalized spacial score (nSPS) is 14.2. The van der Waals surface area contributed by atoms with Crippen LogP contribution in [0.2, 0.25) is 0 Å². The van der Waals surface area contributed by atoms with Crippen molar-refractivity contribution in [3.05, 3.63) is 35.4 Å². The van der Waals surface area contributed by atoms with Gasteiger partial charge in [0.05, 0.1) is 5.56 Å². The number of nitrogens with one attached hydrogen (secondary N) is 1. The Morgan fingerprint density at radius 2 is 1.69 bits per heavy atom. The molecule has 7 heteroatoms. The fourth-order valence-corrected chi connectivity index (χ4v) is 1.32. The molecule has 0 heterocycles. The molecule has 1 atom stereocenters. The molecule has 0 bridgehead atoms. The van der Waals surface area contributed by atoms with Crippen LogP contribution in [0.1, 0.15) is 17.2 Å². The summed E-state index contributed by atoms with van der Waals surface area (Å²) in [5, 5.41) is 0. The van der Waals surface area contributed by atoms with Gasteiger partial charge in [-0.1, -0.05) is 18.2 Å². The highest BCUT2D eigenvalue weighted by molar-refractivity contribution is 5.32. The zero-order valence-corrected chi connectivity index (χ0v) is 7.93. The minimum absolute atomic E-state index is 0.562. The van der Waals surface area contributed by atoms with E-state index >= 15 is 0 Å². The van der Waals surface area contributed by atoms with Gasteiger partial charge in [-0.25, -0.2) is 14.2 Å². The molecule has 0 radical (unpaired) electrons. The molecule has 0 aromatic heterocycles. The third kappa shape index (κ3) is 2.67. The summed E-state index contributed by atoms with van der Waals surface area (Å²) in [7, 11) is 0. The average molecular weight is 240 g/mol. The zero-order chi connectivity index (χ0) is 12.3. The SMILES string of the molecule is NNC(c1ccccc1C(F)(F)F)C(F)F. The fourth-order valence-electron chi connectivity index (χ4n) is 1.32. The van der Waals surface area contributed by atoms with E-state index in [4.69, 9.17) is 5.84 Å². The first kappa shape index (κ1) is 12.9. The molecule has 0 aliphatic carbocycles. The maximum atomic E-state index is 12.5. The molecule has 0 aliphatic rings. The quantitative estimate of drug-likeness (QED) is 0.484. The van der Waals surface area contributed by atoms with Crippen LogP contribution in [0.15, 0.2) is 24.3 Å². The van der Waals surface area contributed by atoms with Gasteiger partial charge >= 0.3 is 6.18 Å². The maximum Gasteiger partial charge on any atom is 0.416 e. The Bertz CT molecular complexity index is 350. The second-order valence-electron chi connectivity index (χ2n) is 3.06. The van der Waals surface area contributed by atoms with E-state index in [-0.39, 0.29) is 0 Å². The molecular weight excluding hydrogens is 231 g/mol. The number of hydrogen-bond acceptors (Lipinski definition) is 2. The van der Waals surface area contributed by atoms with Crippen molar-refractivity contribution in [1.82, 2.24) is 5.43 Å². The van der Waals surface area contributed by atoms with Crippen molar-refractivity contribution in [2.24, 2.45) is 5.84 Å². The van der Waals surface area contributed by atoms with Gasteiger partial charge in [0.1, 0.15) is 6.04 Å². The Balaban J connectivity index is 3.22. The van der Waals surface area contributed by atoms with Crippen LogP contribution in [0.3, 0.4) is 0 Å². The predicted octanol–water partition coefficient (Wildman–Crippen LogP) is 2.47. The van der Waals surface area contributed by atoms with Gasteiger partial charge in [0.2, 0.25) is 0 Å². The van der Waals surface area contributed by atoms with Crippen molar-refractivity contribution in [3.63, 3.8) is 0 Å². The number of alkyl halides is 5. The van der Waals surface area contributed by atoms with Crippen molar-refractivity contribution >= 4 is 0 Å². The molecular formula is C9H9F5N2. The fraction of sp³-hybridized carbons (Fsp3) is 0.333. The molecule has 16 heavy (non-hydrogen) atoms. The molecule has 0 spiro atoms. The Kier molecular flexibility index (Phi) is 3.82. The molecule has 0 saturated carbocycles. The molecule has 2 nitrogen and oxygen atoms in total. The Morgan fingerprint density at radius 1 is 1.12 bits per heavy atom. The lowest BCUT2D eigenvalue weighted by Gasteiger charge is -2.20. The van der Waals surface area contributed by atoms with E-state index in [0.717, 1.165) is 18.2 Å². The second kappa shape index (κ2) is 4.75. The molecule has 90 valence electrons. The topological polar surface area (TPSA) is 38.0 Å². The third-order valence-corrected chi connectivity index (χ3v) is 2.03. The monoisotopic (exact) mass is 240 g/mol. The van der Waals surface area contributed by atoms with Crippen LogP contribution >= 0.6 is 0 Å². The van der Waals surface area contributed by atoms with Gasteiger partial charge in [-0.3, -0.25) is 5.84 Å². The van der Waals surface area contributed by atoms with Gasteiger partial charge < -0.3 is 0 Å². The summed E-state index contributed by atoms with van der Waals surface area (Å²) in [6.07, 6.45) is -7.70. The van der Waals surface area contributed by atoms with Crippen molar-refractivity contribution in [2.45, 2.75) is 18.6 Å². The zero-order valence-electron chi connectivity index (χ0n) is 7.93. The highest BCUT2D eigenvalue weighted by Crippen LogP contribution is 2.35. The van der Waals surface area contributed by atoms with Gasteiger partial charge in [-0.05, 0) is 11.6 Å². The minimum atomic E-state index is -4.68. The minimum Gasteiger partial charge on any atom is -0.271 e. The first-order valence-electron chi connectivity index (χ1n) is 4.28. The Hall–Kier alpha value is -1.21. The predicted molar refractivity (Wildman–Crippen MR) is 47.5 cm³/mol. The summed E-state index contributed by atoms with van der Waals surface area (Å²) in [6, 6.07) is 2.25. The number of hydrazine groups is 1. The van der Waals surface area contributed by atoms with Crippen LogP contribution < -0.4 is 11.3 Å². The number of hydrogen-bond donors (Lipinski definition) is 2. The van der Waals surface area contributed by atoms with Crippen LogP contribution in [-0.2, 0) is 6.18 Å². The molecule has 0 saturated heterocycles. The van der Waals surface area contributed by atoms with Gasteiger partial charge in [0.15, 0.2) is 0 Å². The average Bonchev–Trinajstić information content (AvgIpc) is 2.17. The maximum absolute atomic E-state index is 12.5. The molecule has 1 rings (SSSR count). The molecule has 1 aromatic rings. The first-order chi connectivity index (χ1) is 7.38. The standard InChI is InChI=1S/C9H9F5N2/c10-8(11)7(16-15)5-3-1-2-4-6(5)9(12,13)14/h1-4,7-8,16H,15H2. The summed E-state index contributed by atoms with van der Waals surface area (Å²) in [5.41, 5.74) is 0.00505. The highest BCUT2D eigenvalue weighted by atomic mass is 19.4. The van der Waals surface area contributed by atoms with Crippen molar-refractivity contribution in [2.75, 3.05) is 0 Å². The summed E-state index contributed by atoms with van der Waals surface area (Å²) >= 11 is 0. The molecule has 1 unspecified atom stereocenters. The second-order valence-corrected chi connectivity index (χ2v) is 3.06. The van der Waals surface area contributed by atoms with Crippen molar-refractivity contribution < 1.29 is 22.0 Å². The van der Waals surface area contributed by atoms with E-state index in [2.05, 4.69) is 0 Å². The summed E-state index contributed by atoms with van der Waals surface area (Å²) in [6.45, 7) is 0. The van der Waals surface area contributed by atoms with E-state index in [9.17, 15) is 22.0 Å². The van der Waals surface area contributed by atoms with E-state index in [1.807, 2.05) is 0 Å². The van der Waals surface area contributed by atoms with Crippen LogP contribution in [0, 0.1) is 0 Å². The van der Waals surface area contributed by atoms with Crippen LogP contribution in [0.4, 0.5) is 22.0 Å². The largest absolute Gasteiger partial charge is 0.416 e. The van der Waals surface area contributed by atoms with E-state index < -0.39 is 29.8 Å². The molecule has 1 aromatic carbocycles. The smallest absolute Gasteiger partial charge is 0.271 e. The van der Waals surface area contributed by atoms with Crippen molar-refractivity contribution in [3.8, 4) is 0 Å². The molecule has 0 fully saturated rings. The molecule has 0 amide bonds. The summed E-state index contributed by atoms with van der Waals surface area (Å²) < 4.78 is 62.4. The van der Waals surface area contributed by atoms with Gasteiger partial charge in [-0.2, -0.15) is 13.2 Å². The van der Waals surface area contributed by atoms with E-state index in [0.29, 0.717) is 0 Å². The van der Waals surface area contributed by atoms with Gasteiger partial charge in [0.25, 0.3) is 6.43 Å². The number of rotatable bonds is 3. The summed E-state index contributed by atoms with van der Waals surface area (Å²) in [5.74, 6) is 4.82. The third-order valence-electron chi connectivity index (χ3n) is 2.03. The van der Waals surface area contributed by atoms with Gasteiger partial charge in [0, 0.05) is 0 Å². The van der Waals surface area contributed by atoms with Crippen LogP contribution in [0.25, 0.3) is 0 Å². The Labute approximate surface area is 88.2 Å². The lowest BCUT2D eigenvalue weighted by Crippen LogP contribution is -2.34. The number of nitrogens with two attached hydrogens (primary N) is 1. The molecule has 0 aliphatic heterocycles. The van der Waals surface area contributed by atoms with E-state index in [1.54, 1.807) is 5.43 Å². The lowest BCUT2D eigenvalue weighted by atomic mass is 10.0. The highest BCUT2D eigenvalue weighted by Gasteiger charge is 2.36. The number of benzene rings is 1. The van der Waals surface area contributed by atoms with Crippen LogP contribution in [0.5, 0.6) is 0 Å². The number of halogens is 5. The van der Waals surface area contributed by atoms with Crippen molar-refractivity contribution in [1.29, 1.82) is 0 Å². The molecule has 3 N–H and O–H groups in total. The Morgan fingerprint density at radius 3 is 2.12 bits per heavy atom. The lowest BCUT2D eigenvalue weighted by molar-refractivity contribution is -0.138. The van der Waals surface area contributed by atoms with Crippen LogP contribution in [-0.4, -0.2) is 6.43 Å². The van der Waals surface area contributed by atoms with Gasteiger partial charge in [-0.15, -0.1) is 0 Å².